The summed E-state index contributed by atoms with van der Waals surface area (Å²) in [6.45, 7) is 4.19. The molecular formula is C12H16FN5O. The lowest BCUT2D eigenvalue weighted by Crippen LogP contribution is -2.15. The highest BCUT2D eigenvalue weighted by molar-refractivity contribution is 5.42. The molecule has 0 aliphatic heterocycles. The van der Waals surface area contributed by atoms with E-state index in [1.54, 1.807) is 19.0 Å². The number of aryl methyl sites for hydroxylation is 2. The maximum Gasteiger partial charge on any atom is 0.225 e. The van der Waals surface area contributed by atoms with Crippen LogP contribution in [0.5, 0.6) is 0 Å². The topological polar surface area (TPSA) is 67.1 Å². The predicted molar refractivity (Wildman–Crippen MR) is 69.6 cm³/mol. The Morgan fingerprint density at radius 1 is 1.37 bits per heavy atom. The van der Waals surface area contributed by atoms with Crippen molar-refractivity contribution in [3.05, 3.63) is 29.0 Å². The van der Waals surface area contributed by atoms with Crippen LogP contribution < -0.4 is 10.2 Å². The summed E-state index contributed by atoms with van der Waals surface area (Å²) in [5.74, 6) is 0.911. The SMILES string of the molecule is Cc1noc(C)c1CNc1ncc(F)c(N(C)C)n1. The molecule has 2 aromatic rings. The van der Waals surface area contributed by atoms with Crippen LogP contribution in [-0.2, 0) is 6.54 Å². The maximum absolute atomic E-state index is 13.4. The molecule has 0 fully saturated rings. The Bertz CT molecular complexity index is 562. The van der Waals surface area contributed by atoms with E-state index in [0.29, 0.717) is 12.5 Å². The molecule has 0 amide bonds. The summed E-state index contributed by atoms with van der Waals surface area (Å²) in [7, 11) is 3.45. The van der Waals surface area contributed by atoms with Crippen molar-refractivity contribution in [2.45, 2.75) is 20.4 Å². The van der Waals surface area contributed by atoms with Gasteiger partial charge in [-0.2, -0.15) is 4.98 Å². The fourth-order valence-corrected chi connectivity index (χ4v) is 1.68. The molecule has 19 heavy (non-hydrogen) atoms. The molecule has 2 heterocycles. The van der Waals surface area contributed by atoms with Crippen molar-refractivity contribution in [3.8, 4) is 0 Å². The van der Waals surface area contributed by atoms with E-state index < -0.39 is 5.82 Å². The van der Waals surface area contributed by atoms with E-state index in [1.165, 1.54) is 0 Å². The molecule has 2 rings (SSSR count). The number of aromatic nitrogens is 3. The Balaban J connectivity index is 2.14. The lowest BCUT2D eigenvalue weighted by atomic mass is 10.2. The number of nitrogens with one attached hydrogen (secondary N) is 1. The second-order valence-corrected chi connectivity index (χ2v) is 4.42. The molecule has 0 aromatic carbocycles. The van der Waals surface area contributed by atoms with Gasteiger partial charge in [0, 0.05) is 26.2 Å². The van der Waals surface area contributed by atoms with Gasteiger partial charge in [0.25, 0.3) is 0 Å². The van der Waals surface area contributed by atoms with Crippen LogP contribution in [0.2, 0.25) is 0 Å². The minimum absolute atomic E-state index is 0.247. The molecule has 0 saturated carbocycles. The molecule has 0 aliphatic carbocycles. The summed E-state index contributed by atoms with van der Waals surface area (Å²) in [6, 6.07) is 0. The zero-order chi connectivity index (χ0) is 14.0. The van der Waals surface area contributed by atoms with Crippen LogP contribution in [0, 0.1) is 19.7 Å². The van der Waals surface area contributed by atoms with Crippen molar-refractivity contribution < 1.29 is 8.91 Å². The first kappa shape index (κ1) is 13.3. The van der Waals surface area contributed by atoms with E-state index in [9.17, 15) is 4.39 Å². The van der Waals surface area contributed by atoms with Crippen molar-refractivity contribution in [1.82, 2.24) is 15.1 Å². The monoisotopic (exact) mass is 265 g/mol. The average molecular weight is 265 g/mol. The van der Waals surface area contributed by atoms with Crippen LogP contribution in [0.25, 0.3) is 0 Å². The van der Waals surface area contributed by atoms with Gasteiger partial charge in [0.05, 0.1) is 11.9 Å². The highest BCUT2D eigenvalue weighted by atomic mass is 19.1. The Morgan fingerprint density at radius 3 is 2.68 bits per heavy atom. The summed E-state index contributed by atoms with van der Waals surface area (Å²) in [5.41, 5.74) is 1.78. The molecule has 2 aromatic heterocycles. The number of hydrogen-bond acceptors (Lipinski definition) is 6. The van der Waals surface area contributed by atoms with Crippen LogP contribution in [0.15, 0.2) is 10.7 Å². The molecule has 0 aliphatic rings. The van der Waals surface area contributed by atoms with Gasteiger partial charge in [0.1, 0.15) is 5.76 Å². The number of halogens is 1. The summed E-state index contributed by atoms with van der Waals surface area (Å²) >= 11 is 0. The highest BCUT2D eigenvalue weighted by Crippen LogP contribution is 2.17. The van der Waals surface area contributed by atoms with Gasteiger partial charge in [0.15, 0.2) is 11.6 Å². The Labute approximate surface area is 110 Å². The summed E-state index contributed by atoms with van der Waals surface area (Å²) < 4.78 is 18.5. The third kappa shape index (κ3) is 2.81. The Morgan fingerprint density at radius 2 is 2.11 bits per heavy atom. The van der Waals surface area contributed by atoms with Crippen LogP contribution in [-0.4, -0.2) is 29.2 Å². The fraction of sp³-hybridized carbons (Fsp3) is 0.417. The van der Waals surface area contributed by atoms with Crippen molar-refractivity contribution in [1.29, 1.82) is 0 Å². The van der Waals surface area contributed by atoms with E-state index in [1.807, 2.05) is 13.8 Å². The average Bonchev–Trinajstić information content (AvgIpc) is 2.68. The summed E-state index contributed by atoms with van der Waals surface area (Å²) in [5, 5.41) is 6.90. The van der Waals surface area contributed by atoms with Crippen molar-refractivity contribution in [2.24, 2.45) is 0 Å². The van der Waals surface area contributed by atoms with Crippen molar-refractivity contribution in [3.63, 3.8) is 0 Å². The van der Waals surface area contributed by atoms with Gasteiger partial charge in [-0.1, -0.05) is 5.16 Å². The lowest BCUT2D eigenvalue weighted by Gasteiger charge is -2.13. The largest absolute Gasteiger partial charge is 0.361 e. The maximum atomic E-state index is 13.4. The second-order valence-electron chi connectivity index (χ2n) is 4.42. The number of anilines is 2. The lowest BCUT2D eigenvalue weighted by molar-refractivity contribution is 0.392. The number of hydrogen-bond donors (Lipinski definition) is 1. The first-order valence-electron chi connectivity index (χ1n) is 5.84. The summed E-state index contributed by atoms with van der Waals surface area (Å²) in [6.07, 6.45) is 1.15. The fourth-order valence-electron chi connectivity index (χ4n) is 1.68. The van der Waals surface area contributed by atoms with Crippen molar-refractivity contribution >= 4 is 11.8 Å². The van der Waals surface area contributed by atoms with Crippen LogP contribution in [0.1, 0.15) is 17.0 Å². The molecule has 0 saturated heterocycles. The molecule has 6 nitrogen and oxygen atoms in total. The highest BCUT2D eigenvalue weighted by Gasteiger charge is 2.11. The minimum Gasteiger partial charge on any atom is -0.361 e. The number of nitrogens with zero attached hydrogens (tertiary/aromatic N) is 4. The van der Waals surface area contributed by atoms with Crippen LogP contribution in [0.3, 0.4) is 0 Å². The quantitative estimate of drug-likeness (QED) is 0.910. The van der Waals surface area contributed by atoms with Gasteiger partial charge in [-0.05, 0) is 13.8 Å². The third-order valence-corrected chi connectivity index (χ3v) is 2.75. The van der Waals surface area contributed by atoms with Gasteiger partial charge in [0.2, 0.25) is 5.95 Å². The third-order valence-electron chi connectivity index (χ3n) is 2.75. The van der Waals surface area contributed by atoms with Crippen LogP contribution >= 0.6 is 0 Å². The molecule has 0 spiro atoms. The predicted octanol–water partition coefficient (Wildman–Crippen LogP) is 1.90. The Hall–Kier alpha value is -2.18. The van der Waals surface area contributed by atoms with E-state index in [4.69, 9.17) is 4.52 Å². The smallest absolute Gasteiger partial charge is 0.225 e. The van der Waals surface area contributed by atoms with Gasteiger partial charge >= 0.3 is 0 Å². The van der Waals surface area contributed by atoms with E-state index in [-0.39, 0.29) is 5.82 Å². The molecule has 0 radical (unpaired) electrons. The van der Waals surface area contributed by atoms with E-state index >= 15 is 0 Å². The zero-order valence-corrected chi connectivity index (χ0v) is 11.4. The van der Waals surface area contributed by atoms with Crippen molar-refractivity contribution in [2.75, 3.05) is 24.3 Å². The molecule has 0 unspecified atom stereocenters. The molecule has 0 atom stereocenters. The van der Waals surface area contributed by atoms with E-state index in [2.05, 4.69) is 20.4 Å². The summed E-state index contributed by atoms with van der Waals surface area (Å²) in [4.78, 5) is 9.61. The molecule has 1 N–H and O–H groups in total. The van der Waals surface area contributed by atoms with Gasteiger partial charge in [-0.25, -0.2) is 9.37 Å². The normalized spacial score (nSPS) is 10.6. The first-order chi connectivity index (χ1) is 8.99. The van der Waals surface area contributed by atoms with Gasteiger partial charge < -0.3 is 14.7 Å². The number of rotatable bonds is 4. The first-order valence-corrected chi connectivity index (χ1v) is 5.84. The molecular weight excluding hydrogens is 249 g/mol. The minimum atomic E-state index is -0.451. The molecule has 7 heteroatoms. The standard InChI is InChI=1S/C12H16FN5O/c1-7-9(8(2)19-17-7)5-14-12-15-6-10(13)11(16-12)18(3)4/h6H,5H2,1-4H3,(H,14,15,16). The van der Waals surface area contributed by atoms with Gasteiger partial charge in [-0.3, -0.25) is 0 Å². The molecule has 0 bridgehead atoms. The molecule has 102 valence electrons. The van der Waals surface area contributed by atoms with E-state index in [0.717, 1.165) is 23.2 Å². The Kier molecular flexibility index (Phi) is 3.64. The second kappa shape index (κ2) is 5.21. The van der Waals surface area contributed by atoms with Gasteiger partial charge in [-0.15, -0.1) is 0 Å². The zero-order valence-electron chi connectivity index (χ0n) is 11.4. The van der Waals surface area contributed by atoms with Crippen LogP contribution in [0.4, 0.5) is 16.2 Å².